The quantitative estimate of drug-likeness (QED) is 0.723. The van der Waals surface area contributed by atoms with E-state index in [0.29, 0.717) is 30.2 Å². The number of likely N-dealkylation sites (N-methyl/N-ethyl adjacent to an activating group) is 1. The molecule has 0 bridgehead atoms. The minimum absolute atomic E-state index is 0.139. The van der Waals surface area contributed by atoms with Crippen LogP contribution in [0.3, 0.4) is 0 Å². The minimum Gasteiger partial charge on any atom is -0.344 e. The maximum absolute atomic E-state index is 13.0. The molecule has 0 saturated heterocycles. The van der Waals surface area contributed by atoms with E-state index in [1.54, 1.807) is 18.0 Å². The van der Waals surface area contributed by atoms with E-state index >= 15 is 0 Å². The van der Waals surface area contributed by atoms with E-state index in [9.17, 15) is 9.59 Å². The van der Waals surface area contributed by atoms with Crippen molar-refractivity contribution >= 4 is 11.9 Å². The molecule has 0 saturated carbocycles. The van der Waals surface area contributed by atoms with Gasteiger partial charge in [0.1, 0.15) is 11.9 Å². The number of nitrogens with one attached hydrogen (secondary N) is 3. The van der Waals surface area contributed by atoms with Gasteiger partial charge < -0.3 is 20.5 Å². The zero-order valence-electron chi connectivity index (χ0n) is 14.0. The predicted octanol–water partition coefficient (Wildman–Crippen LogP) is 1.77. The molecule has 23 heavy (non-hydrogen) atoms. The Hall–Kier alpha value is -2.57. The summed E-state index contributed by atoms with van der Waals surface area (Å²) in [7, 11) is 0. The van der Waals surface area contributed by atoms with E-state index in [-0.39, 0.29) is 11.9 Å². The second-order valence-electron chi connectivity index (χ2n) is 5.80. The van der Waals surface area contributed by atoms with Crippen LogP contribution in [0.2, 0.25) is 0 Å². The largest absolute Gasteiger partial charge is 0.344 e. The summed E-state index contributed by atoms with van der Waals surface area (Å²) >= 11 is 0. The van der Waals surface area contributed by atoms with Gasteiger partial charge in [0.05, 0.1) is 5.57 Å². The first-order chi connectivity index (χ1) is 10.8. The van der Waals surface area contributed by atoms with Crippen LogP contribution in [0.25, 0.3) is 0 Å². The number of urea groups is 1. The van der Waals surface area contributed by atoms with E-state index in [0.717, 1.165) is 11.3 Å². The van der Waals surface area contributed by atoms with Gasteiger partial charge in [-0.25, -0.2) is 9.78 Å². The van der Waals surface area contributed by atoms with Crippen LogP contribution in [0, 0.1) is 6.92 Å². The van der Waals surface area contributed by atoms with Crippen molar-refractivity contribution in [2.24, 2.45) is 0 Å². The highest BCUT2D eigenvalue weighted by molar-refractivity contribution is 5.98. The Morgan fingerprint density at radius 1 is 1.43 bits per heavy atom. The monoisotopic (exact) mass is 317 g/mol. The van der Waals surface area contributed by atoms with Gasteiger partial charge in [-0.3, -0.25) is 4.79 Å². The maximum Gasteiger partial charge on any atom is 0.319 e. The molecule has 7 nitrogen and oxygen atoms in total. The lowest BCUT2D eigenvalue weighted by Gasteiger charge is -2.31. The standard InChI is InChI=1S/C16H23N5O2/c1-6-21(8-9(2)3)15(22)12-11(5)19-16(23)20-13(12)14-17-7-10(4)18-14/h7,13H,2,6,8H2,1,3-5H3,(H,17,18)(H2,19,20,23)/t13-/m1/s1. The van der Waals surface area contributed by atoms with Crippen LogP contribution in [0.15, 0.2) is 29.6 Å². The molecular formula is C16H23N5O2. The Morgan fingerprint density at radius 3 is 2.65 bits per heavy atom. The molecule has 0 radical (unpaired) electrons. The highest BCUT2D eigenvalue weighted by Gasteiger charge is 2.34. The van der Waals surface area contributed by atoms with Crippen molar-refractivity contribution in [3.8, 4) is 0 Å². The third-order valence-electron chi connectivity index (χ3n) is 3.63. The van der Waals surface area contributed by atoms with Crippen molar-refractivity contribution in [1.82, 2.24) is 25.5 Å². The minimum atomic E-state index is -0.593. The number of aromatic amines is 1. The number of carbonyl (C=O) groups excluding carboxylic acids is 2. The average molecular weight is 317 g/mol. The summed E-state index contributed by atoms with van der Waals surface area (Å²) in [5, 5.41) is 5.44. The number of aromatic nitrogens is 2. The molecule has 3 amide bonds. The number of nitrogens with zero attached hydrogens (tertiary/aromatic N) is 2. The fourth-order valence-corrected chi connectivity index (χ4v) is 2.59. The number of amides is 3. The Balaban J connectivity index is 2.41. The van der Waals surface area contributed by atoms with Crippen molar-refractivity contribution < 1.29 is 9.59 Å². The topological polar surface area (TPSA) is 90.1 Å². The van der Waals surface area contributed by atoms with Crippen LogP contribution >= 0.6 is 0 Å². The van der Waals surface area contributed by atoms with E-state index in [4.69, 9.17) is 0 Å². The van der Waals surface area contributed by atoms with Crippen LogP contribution in [-0.4, -0.2) is 39.9 Å². The van der Waals surface area contributed by atoms with Gasteiger partial charge in [-0.15, -0.1) is 0 Å². The van der Waals surface area contributed by atoms with Gasteiger partial charge in [0.15, 0.2) is 0 Å². The van der Waals surface area contributed by atoms with Gasteiger partial charge >= 0.3 is 6.03 Å². The third kappa shape index (κ3) is 3.61. The Labute approximate surface area is 135 Å². The van der Waals surface area contributed by atoms with Gasteiger partial charge in [0, 0.05) is 30.7 Å². The molecule has 7 heteroatoms. The molecule has 1 aromatic rings. The molecule has 3 N–H and O–H groups in total. The van der Waals surface area contributed by atoms with Crippen LogP contribution in [0.4, 0.5) is 4.79 Å². The highest BCUT2D eigenvalue weighted by Crippen LogP contribution is 2.26. The Bertz CT molecular complexity index is 674. The number of H-pyrrole nitrogens is 1. The number of hydrogen-bond acceptors (Lipinski definition) is 3. The smallest absolute Gasteiger partial charge is 0.319 e. The van der Waals surface area contributed by atoms with E-state index in [1.165, 1.54) is 0 Å². The van der Waals surface area contributed by atoms with Crippen LogP contribution in [-0.2, 0) is 4.79 Å². The first-order valence-electron chi connectivity index (χ1n) is 7.57. The second kappa shape index (κ2) is 6.68. The first-order valence-corrected chi connectivity index (χ1v) is 7.57. The number of aryl methyl sites for hydroxylation is 1. The second-order valence-corrected chi connectivity index (χ2v) is 5.80. The van der Waals surface area contributed by atoms with Crippen molar-refractivity contribution in [3.63, 3.8) is 0 Å². The van der Waals surface area contributed by atoms with Crippen molar-refractivity contribution in [1.29, 1.82) is 0 Å². The van der Waals surface area contributed by atoms with Gasteiger partial charge in [-0.05, 0) is 27.7 Å². The van der Waals surface area contributed by atoms with Crippen LogP contribution in [0.1, 0.15) is 38.3 Å². The fourth-order valence-electron chi connectivity index (χ4n) is 2.59. The van der Waals surface area contributed by atoms with Crippen LogP contribution < -0.4 is 10.6 Å². The molecule has 0 aromatic carbocycles. The first kappa shape index (κ1) is 16.8. The van der Waals surface area contributed by atoms with E-state index < -0.39 is 6.04 Å². The van der Waals surface area contributed by atoms with Gasteiger partial charge in [-0.2, -0.15) is 0 Å². The lowest BCUT2D eigenvalue weighted by molar-refractivity contribution is -0.127. The number of rotatable bonds is 5. The Kier molecular flexibility index (Phi) is 4.88. The maximum atomic E-state index is 13.0. The highest BCUT2D eigenvalue weighted by atomic mass is 16.2. The lowest BCUT2D eigenvalue weighted by Crippen LogP contribution is -2.48. The zero-order valence-corrected chi connectivity index (χ0v) is 14.0. The van der Waals surface area contributed by atoms with Gasteiger partial charge in [-0.1, -0.05) is 12.2 Å². The summed E-state index contributed by atoms with van der Waals surface area (Å²) in [5.41, 5.74) is 2.79. The summed E-state index contributed by atoms with van der Waals surface area (Å²) in [6.45, 7) is 12.3. The van der Waals surface area contributed by atoms with Crippen molar-refractivity contribution in [2.75, 3.05) is 13.1 Å². The summed E-state index contributed by atoms with van der Waals surface area (Å²) in [4.78, 5) is 33.8. The number of allylic oxidation sites excluding steroid dienone is 1. The molecule has 124 valence electrons. The normalized spacial score (nSPS) is 17.6. The summed E-state index contributed by atoms with van der Waals surface area (Å²) in [6.07, 6.45) is 1.67. The number of carbonyl (C=O) groups is 2. The van der Waals surface area contributed by atoms with E-state index in [1.807, 2.05) is 20.8 Å². The fraction of sp³-hybridized carbons (Fsp3) is 0.438. The van der Waals surface area contributed by atoms with Gasteiger partial charge in [0.25, 0.3) is 5.91 Å². The molecule has 2 heterocycles. The number of imidazole rings is 1. The zero-order chi connectivity index (χ0) is 17.1. The molecule has 1 aromatic heterocycles. The third-order valence-corrected chi connectivity index (χ3v) is 3.63. The summed E-state index contributed by atoms with van der Waals surface area (Å²) in [5.74, 6) is 0.408. The van der Waals surface area contributed by atoms with Crippen molar-refractivity contribution in [3.05, 3.63) is 41.1 Å². The summed E-state index contributed by atoms with van der Waals surface area (Å²) < 4.78 is 0. The van der Waals surface area contributed by atoms with Crippen LogP contribution in [0.5, 0.6) is 0 Å². The van der Waals surface area contributed by atoms with E-state index in [2.05, 4.69) is 27.2 Å². The average Bonchev–Trinajstić information content (AvgIpc) is 2.89. The molecule has 2 rings (SSSR count). The molecule has 1 atom stereocenters. The summed E-state index contributed by atoms with van der Waals surface area (Å²) in [6, 6.07) is -0.940. The molecule has 0 spiro atoms. The van der Waals surface area contributed by atoms with Crippen molar-refractivity contribution in [2.45, 2.75) is 33.7 Å². The SMILES string of the molecule is C=C(C)CN(CC)C(=O)C1=C(C)NC(=O)N[C@H]1c1ncc(C)[nH]1. The number of hydrogen-bond donors (Lipinski definition) is 3. The van der Waals surface area contributed by atoms with Gasteiger partial charge in [0.2, 0.25) is 0 Å². The molecule has 1 aliphatic rings. The molecule has 0 unspecified atom stereocenters. The molecule has 0 fully saturated rings. The molecule has 1 aliphatic heterocycles. The lowest BCUT2D eigenvalue weighted by atomic mass is 10.0. The predicted molar refractivity (Wildman–Crippen MR) is 87.5 cm³/mol. The molecule has 0 aliphatic carbocycles. The molecular weight excluding hydrogens is 294 g/mol. The Morgan fingerprint density at radius 2 is 2.13 bits per heavy atom.